The highest BCUT2D eigenvalue weighted by atomic mass is 19.3. The van der Waals surface area contributed by atoms with Crippen LogP contribution in [0.2, 0.25) is 0 Å². The maximum absolute atomic E-state index is 12.5. The van der Waals surface area contributed by atoms with Crippen molar-refractivity contribution in [3.8, 4) is 17.1 Å². The number of aryl methyl sites for hydroxylation is 1. The molecule has 0 bridgehead atoms. The minimum absolute atomic E-state index is 0.0901. The van der Waals surface area contributed by atoms with E-state index in [9.17, 15) is 13.6 Å². The van der Waals surface area contributed by atoms with Crippen molar-refractivity contribution in [2.24, 2.45) is 0 Å². The topological polar surface area (TPSA) is 62.6 Å². The summed E-state index contributed by atoms with van der Waals surface area (Å²) >= 11 is 0. The van der Waals surface area contributed by atoms with E-state index < -0.39 is 12.6 Å². The number of benzene rings is 1. The van der Waals surface area contributed by atoms with E-state index in [4.69, 9.17) is 9.47 Å². The normalized spacial score (nSPS) is 13.8. The summed E-state index contributed by atoms with van der Waals surface area (Å²) in [5, 5.41) is 0. The van der Waals surface area contributed by atoms with Crippen molar-refractivity contribution in [3.05, 3.63) is 47.5 Å². The van der Waals surface area contributed by atoms with E-state index in [-0.39, 0.29) is 11.4 Å². The predicted octanol–water partition coefficient (Wildman–Crippen LogP) is 3.33. The molecular formula is C18H18F2N2O4. The highest BCUT2D eigenvalue weighted by Gasteiger charge is 2.26. The largest absolute Gasteiger partial charge is 0.496 e. The maximum Gasteiger partial charge on any atom is 0.387 e. The van der Waals surface area contributed by atoms with Gasteiger partial charge >= 0.3 is 12.6 Å². The number of rotatable bonds is 4. The second-order valence-electron chi connectivity index (χ2n) is 5.80. The molecule has 138 valence electrons. The van der Waals surface area contributed by atoms with Crippen LogP contribution < -0.4 is 4.74 Å². The van der Waals surface area contributed by atoms with E-state index in [0.717, 1.165) is 0 Å². The van der Waals surface area contributed by atoms with Crippen molar-refractivity contribution in [3.63, 3.8) is 0 Å². The summed E-state index contributed by atoms with van der Waals surface area (Å²) in [7, 11) is 1.29. The van der Waals surface area contributed by atoms with E-state index in [2.05, 4.69) is 16.3 Å². The number of carbonyl (C=O) groups excluding carboxylic acids is 1. The Morgan fingerprint density at radius 1 is 1.42 bits per heavy atom. The second kappa shape index (κ2) is 7.15. The zero-order valence-electron chi connectivity index (χ0n) is 14.4. The Kier molecular flexibility index (Phi) is 4.92. The number of ether oxygens (including phenoxy) is 3. The number of esters is 1. The standard InChI is InChI=1S/C18H18F2N2O4/c1-10-8-12(4-5-14(10)26-18(19)20)16-21-15(17(23)24-3)13-6-7-25-11(2)9-22(13)16/h4-5,8,18H,2,6-7,9H2,1,3H3. The number of methoxy groups -OCH3 is 1. The first kappa shape index (κ1) is 17.9. The lowest BCUT2D eigenvalue weighted by atomic mass is 10.1. The van der Waals surface area contributed by atoms with Crippen LogP contribution in [0, 0.1) is 6.92 Å². The molecule has 26 heavy (non-hydrogen) atoms. The number of hydrogen-bond acceptors (Lipinski definition) is 5. The van der Waals surface area contributed by atoms with Gasteiger partial charge in [-0.3, -0.25) is 0 Å². The Labute approximate surface area is 149 Å². The highest BCUT2D eigenvalue weighted by Crippen LogP contribution is 2.30. The van der Waals surface area contributed by atoms with Crippen molar-refractivity contribution in [2.75, 3.05) is 13.7 Å². The van der Waals surface area contributed by atoms with Gasteiger partial charge in [-0.2, -0.15) is 8.78 Å². The predicted molar refractivity (Wildman–Crippen MR) is 89.2 cm³/mol. The van der Waals surface area contributed by atoms with E-state index >= 15 is 0 Å². The molecule has 2 aromatic rings. The van der Waals surface area contributed by atoms with Gasteiger partial charge in [-0.05, 0) is 30.7 Å². The fraction of sp³-hybridized carbons (Fsp3) is 0.333. The number of carbonyl (C=O) groups is 1. The molecule has 2 heterocycles. The first-order valence-corrected chi connectivity index (χ1v) is 7.94. The third kappa shape index (κ3) is 3.40. The molecular weight excluding hydrogens is 346 g/mol. The van der Waals surface area contributed by atoms with Gasteiger partial charge in [0.2, 0.25) is 0 Å². The molecule has 0 atom stereocenters. The number of imidazole rings is 1. The third-order valence-electron chi connectivity index (χ3n) is 4.08. The van der Waals surface area contributed by atoms with Crippen molar-refractivity contribution in [1.82, 2.24) is 9.55 Å². The average Bonchev–Trinajstić information content (AvgIpc) is 2.82. The molecule has 0 fully saturated rings. The summed E-state index contributed by atoms with van der Waals surface area (Å²) < 4.78 is 41.5. The summed E-state index contributed by atoms with van der Waals surface area (Å²) in [6, 6.07) is 4.76. The van der Waals surface area contributed by atoms with Crippen LogP contribution in [0.1, 0.15) is 21.7 Å². The molecule has 1 aromatic heterocycles. The van der Waals surface area contributed by atoms with E-state index in [1.807, 2.05) is 4.57 Å². The molecule has 0 N–H and O–H groups in total. The molecule has 6 nitrogen and oxygen atoms in total. The summed E-state index contributed by atoms with van der Waals surface area (Å²) in [5.74, 6) is 0.612. The molecule has 3 rings (SSSR count). The molecule has 0 saturated carbocycles. The van der Waals surface area contributed by atoms with Crippen LogP contribution in [0.4, 0.5) is 8.78 Å². The lowest BCUT2D eigenvalue weighted by molar-refractivity contribution is -0.0502. The van der Waals surface area contributed by atoms with Crippen LogP contribution >= 0.6 is 0 Å². The molecule has 0 saturated heterocycles. The van der Waals surface area contributed by atoms with Gasteiger partial charge in [0.1, 0.15) is 17.3 Å². The van der Waals surface area contributed by atoms with E-state index in [0.29, 0.717) is 48.0 Å². The molecule has 0 aliphatic carbocycles. The smallest absolute Gasteiger partial charge is 0.387 e. The van der Waals surface area contributed by atoms with Gasteiger partial charge in [-0.1, -0.05) is 6.58 Å². The fourth-order valence-corrected chi connectivity index (χ4v) is 2.92. The first-order chi connectivity index (χ1) is 12.4. The molecule has 1 aliphatic heterocycles. The molecule has 1 aliphatic rings. The Balaban J connectivity index is 2.10. The van der Waals surface area contributed by atoms with Crippen molar-refractivity contribution in [2.45, 2.75) is 26.5 Å². The van der Waals surface area contributed by atoms with Crippen molar-refractivity contribution in [1.29, 1.82) is 0 Å². The minimum Gasteiger partial charge on any atom is -0.496 e. The number of nitrogens with zero attached hydrogens (tertiary/aromatic N) is 2. The number of hydrogen-bond donors (Lipinski definition) is 0. The summed E-state index contributed by atoms with van der Waals surface area (Å²) in [4.78, 5) is 16.5. The Morgan fingerprint density at radius 2 is 2.19 bits per heavy atom. The second-order valence-corrected chi connectivity index (χ2v) is 5.80. The number of allylic oxidation sites excluding steroid dienone is 1. The monoisotopic (exact) mass is 364 g/mol. The van der Waals surface area contributed by atoms with Gasteiger partial charge in [0.15, 0.2) is 5.69 Å². The quantitative estimate of drug-likeness (QED) is 0.779. The van der Waals surface area contributed by atoms with Crippen molar-refractivity contribution >= 4 is 5.97 Å². The van der Waals surface area contributed by atoms with E-state index in [1.165, 1.54) is 13.2 Å². The molecule has 0 unspecified atom stereocenters. The number of alkyl halides is 2. The lowest BCUT2D eigenvalue weighted by Crippen LogP contribution is -2.09. The molecule has 8 heteroatoms. The minimum atomic E-state index is -2.89. The summed E-state index contributed by atoms with van der Waals surface area (Å²) in [5.41, 5.74) is 2.10. The van der Waals surface area contributed by atoms with Gasteiger partial charge in [-0.25, -0.2) is 9.78 Å². The number of aromatic nitrogens is 2. The van der Waals surface area contributed by atoms with Crippen LogP contribution in [-0.4, -0.2) is 35.8 Å². The van der Waals surface area contributed by atoms with Crippen LogP contribution in [0.5, 0.6) is 5.75 Å². The average molecular weight is 364 g/mol. The van der Waals surface area contributed by atoms with E-state index in [1.54, 1.807) is 19.1 Å². The number of halogens is 2. The Hall–Kier alpha value is -2.90. The first-order valence-electron chi connectivity index (χ1n) is 7.94. The molecule has 0 amide bonds. The fourth-order valence-electron chi connectivity index (χ4n) is 2.92. The summed E-state index contributed by atoms with van der Waals surface area (Å²) in [6.45, 7) is 3.34. The van der Waals surface area contributed by atoms with Gasteiger partial charge in [0.25, 0.3) is 0 Å². The lowest BCUT2D eigenvalue weighted by Gasteiger charge is -2.12. The van der Waals surface area contributed by atoms with Crippen LogP contribution in [0.3, 0.4) is 0 Å². The third-order valence-corrected chi connectivity index (χ3v) is 4.08. The Morgan fingerprint density at radius 3 is 2.85 bits per heavy atom. The van der Waals surface area contributed by atoms with Gasteiger partial charge in [0, 0.05) is 12.0 Å². The van der Waals surface area contributed by atoms with Crippen LogP contribution in [-0.2, 0) is 22.4 Å². The van der Waals surface area contributed by atoms with Crippen LogP contribution in [0.15, 0.2) is 30.5 Å². The Bertz CT molecular complexity index is 861. The van der Waals surface area contributed by atoms with Gasteiger partial charge in [0.05, 0.1) is 26.0 Å². The highest BCUT2D eigenvalue weighted by molar-refractivity contribution is 5.89. The zero-order valence-corrected chi connectivity index (χ0v) is 14.4. The SMILES string of the molecule is C=C1Cn2c(-c3ccc(OC(F)F)c(C)c3)nc(C(=O)OC)c2CCO1. The van der Waals surface area contributed by atoms with Gasteiger partial charge in [-0.15, -0.1) is 0 Å². The van der Waals surface area contributed by atoms with Crippen LogP contribution in [0.25, 0.3) is 11.4 Å². The molecule has 0 spiro atoms. The maximum atomic E-state index is 12.5. The molecule has 0 radical (unpaired) electrons. The van der Waals surface area contributed by atoms with Gasteiger partial charge < -0.3 is 18.8 Å². The number of fused-ring (bicyclic) bond motifs is 1. The zero-order chi connectivity index (χ0) is 18.8. The summed E-state index contributed by atoms with van der Waals surface area (Å²) in [6.07, 6.45) is 0.474. The van der Waals surface area contributed by atoms with Crippen molar-refractivity contribution < 1.29 is 27.8 Å². The molecule has 1 aromatic carbocycles.